The van der Waals surface area contributed by atoms with Crippen LogP contribution in [0.5, 0.6) is 0 Å². The first-order chi connectivity index (χ1) is 8.00. The van der Waals surface area contributed by atoms with Crippen molar-refractivity contribution >= 4 is 26.8 Å². The van der Waals surface area contributed by atoms with Crippen LogP contribution in [0, 0.1) is 6.92 Å². The summed E-state index contributed by atoms with van der Waals surface area (Å²) in [5, 5.41) is 4.82. The molecule has 0 radical (unpaired) electrons. The number of rotatable bonds is 3. The summed E-state index contributed by atoms with van der Waals surface area (Å²) in [7, 11) is 2.14. The number of fused-ring (bicyclic) bond motifs is 1. The van der Waals surface area contributed by atoms with E-state index in [-0.39, 0.29) is 0 Å². The van der Waals surface area contributed by atoms with Crippen LogP contribution in [0.1, 0.15) is 25.1 Å². The Labute approximate surface area is 111 Å². The van der Waals surface area contributed by atoms with E-state index < -0.39 is 0 Å². The van der Waals surface area contributed by atoms with Gasteiger partial charge < -0.3 is 9.88 Å². The van der Waals surface area contributed by atoms with Gasteiger partial charge in [0.05, 0.1) is 0 Å². The molecule has 17 heavy (non-hydrogen) atoms. The smallest absolute Gasteiger partial charge is 0.0483 e. The van der Waals surface area contributed by atoms with Crippen molar-refractivity contribution in [3.8, 4) is 0 Å². The second-order valence-electron chi connectivity index (χ2n) is 4.83. The predicted molar refractivity (Wildman–Crippen MR) is 77.3 cm³/mol. The van der Waals surface area contributed by atoms with Crippen LogP contribution in [0.3, 0.4) is 0 Å². The third kappa shape index (κ3) is 2.40. The molecule has 1 aromatic carbocycles. The highest BCUT2D eigenvalue weighted by molar-refractivity contribution is 9.10. The summed E-state index contributed by atoms with van der Waals surface area (Å²) in [6, 6.07) is 6.98. The van der Waals surface area contributed by atoms with E-state index in [0.717, 1.165) is 11.0 Å². The van der Waals surface area contributed by atoms with E-state index in [2.05, 4.69) is 71.8 Å². The molecule has 0 spiro atoms. The van der Waals surface area contributed by atoms with Gasteiger partial charge in [0.15, 0.2) is 0 Å². The van der Waals surface area contributed by atoms with Crippen LogP contribution < -0.4 is 5.32 Å². The van der Waals surface area contributed by atoms with Crippen molar-refractivity contribution in [1.82, 2.24) is 9.88 Å². The monoisotopic (exact) mass is 294 g/mol. The zero-order chi connectivity index (χ0) is 12.6. The molecule has 2 nitrogen and oxygen atoms in total. The Morgan fingerprint density at radius 3 is 2.71 bits per heavy atom. The number of aryl methyl sites for hydroxylation is 2. The summed E-state index contributed by atoms with van der Waals surface area (Å²) < 4.78 is 3.43. The topological polar surface area (TPSA) is 17.0 Å². The molecule has 1 aromatic heterocycles. The molecule has 92 valence electrons. The Hall–Kier alpha value is -0.800. The molecule has 0 bridgehead atoms. The third-order valence-corrected chi connectivity index (χ3v) is 3.73. The highest BCUT2D eigenvalue weighted by Gasteiger charge is 2.11. The Balaban J connectivity index is 2.49. The molecule has 3 heteroatoms. The minimum Gasteiger partial charge on any atom is -0.346 e. The fraction of sp³-hybridized carbons (Fsp3) is 0.429. The van der Waals surface area contributed by atoms with Gasteiger partial charge in [-0.2, -0.15) is 0 Å². The van der Waals surface area contributed by atoms with Gasteiger partial charge in [-0.3, -0.25) is 0 Å². The largest absolute Gasteiger partial charge is 0.346 e. The van der Waals surface area contributed by atoms with Crippen molar-refractivity contribution in [2.24, 2.45) is 7.05 Å². The molecule has 0 saturated heterocycles. The molecule has 0 fully saturated rings. The van der Waals surface area contributed by atoms with Crippen LogP contribution in [0.4, 0.5) is 0 Å². The highest BCUT2D eigenvalue weighted by Crippen LogP contribution is 2.27. The second kappa shape index (κ2) is 4.83. The molecule has 0 aliphatic carbocycles. The lowest BCUT2D eigenvalue weighted by atomic mass is 10.1. The van der Waals surface area contributed by atoms with Crippen LogP contribution >= 0.6 is 15.9 Å². The molecule has 0 aliphatic heterocycles. The van der Waals surface area contributed by atoms with Crippen LogP contribution in [0.15, 0.2) is 22.7 Å². The average molecular weight is 295 g/mol. The third-order valence-electron chi connectivity index (χ3n) is 3.24. The molecule has 0 atom stereocenters. The van der Waals surface area contributed by atoms with Crippen molar-refractivity contribution in [3.63, 3.8) is 0 Å². The lowest BCUT2D eigenvalue weighted by molar-refractivity contribution is 0.571. The first kappa shape index (κ1) is 12.7. The zero-order valence-corrected chi connectivity index (χ0v) is 12.4. The maximum Gasteiger partial charge on any atom is 0.0483 e. The molecular weight excluding hydrogens is 276 g/mol. The van der Waals surface area contributed by atoms with Crippen LogP contribution in [-0.4, -0.2) is 10.6 Å². The van der Waals surface area contributed by atoms with Gasteiger partial charge in [0, 0.05) is 40.7 Å². The molecule has 0 aliphatic rings. The van der Waals surface area contributed by atoms with E-state index in [1.54, 1.807) is 0 Å². The fourth-order valence-electron chi connectivity index (χ4n) is 2.21. The highest BCUT2D eigenvalue weighted by atomic mass is 79.9. The van der Waals surface area contributed by atoms with Crippen molar-refractivity contribution in [2.45, 2.75) is 33.4 Å². The Bertz CT molecular complexity index is 541. The van der Waals surface area contributed by atoms with Gasteiger partial charge in [0.25, 0.3) is 0 Å². The summed E-state index contributed by atoms with van der Waals surface area (Å²) in [4.78, 5) is 0. The van der Waals surface area contributed by atoms with Gasteiger partial charge in [0.2, 0.25) is 0 Å². The van der Waals surface area contributed by atoms with Crippen molar-refractivity contribution in [3.05, 3.63) is 33.9 Å². The normalized spacial score (nSPS) is 11.6. The summed E-state index contributed by atoms with van der Waals surface area (Å²) in [5.74, 6) is 0. The molecule has 2 aromatic rings. The van der Waals surface area contributed by atoms with Gasteiger partial charge in [-0.25, -0.2) is 0 Å². The standard InChI is InChI=1S/C14H19BrN2/c1-9(2)16-8-14-10(3)12-7-11(15)5-6-13(12)17(14)4/h5-7,9,16H,8H2,1-4H3. The molecule has 0 amide bonds. The molecule has 0 saturated carbocycles. The van der Waals surface area contributed by atoms with E-state index in [1.165, 1.54) is 22.2 Å². The minimum atomic E-state index is 0.513. The molecule has 1 N–H and O–H groups in total. The summed E-state index contributed by atoms with van der Waals surface area (Å²) >= 11 is 3.54. The number of halogens is 1. The fourth-order valence-corrected chi connectivity index (χ4v) is 2.57. The SMILES string of the molecule is Cc1c(CNC(C)C)n(C)c2ccc(Br)cc12. The maximum atomic E-state index is 3.54. The van der Waals surface area contributed by atoms with Gasteiger partial charge in [0.1, 0.15) is 0 Å². The Morgan fingerprint density at radius 1 is 1.35 bits per heavy atom. The van der Waals surface area contributed by atoms with Crippen LogP contribution in [0.2, 0.25) is 0 Å². The van der Waals surface area contributed by atoms with Gasteiger partial charge in [-0.05, 0) is 30.7 Å². The van der Waals surface area contributed by atoms with E-state index in [0.29, 0.717) is 6.04 Å². The minimum absolute atomic E-state index is 0.513. The number of hydrogen-bond donors (Lipinski definition) is 1. The molecule has 1 heterocycles. The number of nitrogens with one attached hydrogen (secondary N) is 1. The number of hydrogen-bond acceptors (Lipinski definition) is 1. The van der Waals surface area contributed by atoms with Crippen LogP contribution in [-0.2, 0) is 13.6 Å². The lowest BCUT2D eigenvalue weighted by Gasteiger charge is -2.10. The summed E-state index contributed by atoms with van der Waals surface area (Å²) in [6.45, 7) is 7.47. The first-order valence-corrected chi connectivity index (χ1v) is 6.76. The summed E-state index contributed by atoms with van der Waals surface area (Å²) in [6.07, 6.45) is 0. The molecular formula is C14H19BrN2. The van der Waals surface area contributed by atoms with E-state index in [9.17, 15) is 0 Å². The average Bonchev–Trinajstić information content (AvgIpc) is 2.49. The number of nitrogens with zero attached hydrogens (tertiary/aromatic N) is 1. The van der Waals surface area contributed by atoms with E-state index in [1.807, 2.05) is 0 Å². The Morgan fingerprint density at radius 2 is 2.06 bits per heavy atom. The maximum absolute atomic E-state index is 3.54. The van der Waals surface area contributed by atoms with E-state index in [4.69, 9.17) is 0 Å². The molecule has 2 rings (SSSR count). The lowest BCUT2D eigenvalue weighted by Crippen LogP contribution is -2.23. The van der Waals surface area contributed by atoms with E-state index >= 15 is 0 Å². The van der Waals surface area contributed by atoms with Gasteiger partial charge in [-0.1, -0.05) is 29.8 Å². The van der Waals surface area contributed by atoms with Gasteiger partial charge >= 0.3 is 0 Å². The number of benzene rings is 1. The van der Waals surface area contributed by atoms with Crippen molar-refractivity contribution in [2.75, 3.05) is 0 Å². The predicted octanol–water partition coefficient (Wildman–Crippen LogP) is 3.75. The van der Waals surface area contributed by atoms with Crippen molar-refractivity contribution in [1.29, 1.82) is 0 Å². The molecule has 0 unspecified atom stereocenters. The number of aromatic nitrogens is 1. The second-order valence-corrected chi connectivity index (χ2v) is 5.74. The first-order valence-electron chi connectivity index (χ1n) is 5.97. The summed E-state index contributed by atoms with van der Waals surface area (Å²) in [5.41, 5.74) is 4.04. The Kier molecular flexibility index (Phi) is 3.59. The van der Waals surface area contributed by atoms with Crippen LogP contribution in [0.25, 0.3) is 10.9 Å². The zero-order valence-electron chi connectivity index (χ0n) is 10.8. The van der Waals surface area contributed by atoms with Gasteiger partial charge in [-0.15, -0.1) is 0 Å². The quantitative estimate of drug-likeness (QED) is 0.912. The van der Waals surface area contributed by atoms with Crippen molar-refractivity contribution < 1.29 is 0 Å².